The van der Waals surface area contributed by atoms with Crippen molar-refractivity contribution >= 4 is 11.8 Å². The van der Waals surface area contributed by atoms with E-state index in [0.29, 0.717) is 0 Å². The van der Waals surface area contributed by atoms with E-state index in [9.17, 15) is 27.9 Å². The Morgan fingerprint density at radius 2 is 1.80 bits per heavy atom. The summed E-state index contributed by atoms with van der Waals surface area (Å²) < 4.78 is 40.5. The molecule has 2 amide bonds. The summed E-state index contributed by atoms with van der Waals surface area (Å²) in [6.45, 7) is -0.674. The molecule has 0 fully saturated rings. The van der Waals surface area contributed by atoms with Gasteiger partial charge in [-0.1, -0.05) is 0 Å². The van der Waals surface area contributed by atoms with Crippen molar-refractivity contribution in [3.63, 3.8) is 0 Å². The van der Waals surface area contributed by atoms with E-state index in [1.807, 2.05) is 5.32 Å². The van der Waals surface area contributed by atoms with Gasteiger partial charge in [-0.3, -0.25) is 9.59 Å². The van der Waals surface area contributed by atoms with Gasteiger partial charge < -0.3 is 20.2 Å². The Morgan fingerprint density at radius 1 is 1.25 bits per heavy atom. The number of carbonyl (C=O) groups excluding carboxylic acids is 2. The van der Waals surface area contributed by atoms with Crippen molar-refractivity contribution < 1.29 is 32.3 Å². The second-order valence-corrected chi connectivity index (χ2v) is 4.23. The molecule has 1 atom stereocenters. The summed E-state index contributed by atoms with van der Waals surface area (Å²) in [6.07, 6.45) is -3.29. The normalized spacial score (nSPS) is 14.4. The first-order valence-corrected chi connectivity index (χ1v) is 5.51. The maximum atomic E-state index is 11.8. The van der Waals surface area contributed by atoms with Crippen LogP contribution in [0.25, 0.3) is 0 Å². The Kier molecular flexibility index (Phi) is 4.77. The van der Waals surface area contributed by atoms with Crippen LogP contribution in [0.5, 0.6) is 0 Å². The quantitative estimate of drug-likeness (QED) is 0.696. The SMILES string of the molecule is C[C@](O)(CNC(=O)C(=O)NCC(F)(F)F)c1ccco1. The number of furan rings is 1. The molecular formula is C11H13F3N2O4. The van der Waals surface area contributed by atoms with Gasteiger partial charge in [-0.2, -0.15) is 13.2 Å². The molecule has 0 saturated carbocycles. The van der Waals surface area contributed by atoms with Crippen LogP contribution in [0.3, 0.4) is 0 Å². The van der Waals surface area contributed by atoms with Crippen molar-refractivity contribution in [2.75, 3.05) is 13.1 Å². The molecule has 1 aromatic rings. The third kappa shape index (κ3) is 4.92. The highest BCUT2D eigenvalue weighted by molar-refractivity contribution is 6.35. The van der Waals surface area contributed by atoms with Gasteiger partial charge in [0.25, 0.3) is 0 Å². The monoisotopic (exact) mass is 294 g/mol. The maximum Gasteiger partial charge on any atom is 0.405 e. The Morgan fingerprint density at radius 3 is 2.25 bits per heavy atom. The Hall–Kier alpha value is -2.03. The van der Waals surface area contributed by atoms with Gasteiger partial charge >= 0.3 is 18.0 Å². The molecule has 20 heavy (non-hydrogen) atoms. The van der Waals surface area contributed by atoms with Gasteiger partial charge in [-0.05, 0) is 19.1 Å². The fourth-order valence-corrected chi connectivity index (χ4v) is 1.27. The van der Waals surface area contributed by atoms with Gasteiger partial charge in [0.15, 0.2) is 0 Å². The van der Waals surface area contributed by atoms with E-state index in [1.54, 1.807) is 0 Å². The highest BCUT2D eigenvalue weighted by atomic mass is 19.4. The van der Waals surface area contributed by atoms with Crippen LogP contribution in [-0.4, -0.2) is 36.2 Å². The third-order valence-electron chi connectivity index (χ3n) is 2.30. The Bertz CT molecular complexity index is 469. The van der Waals surface area contributed by atoms with E-state index in [2.05, 4.69) is 0 Å². The average molecular weight is 294 g/mol. The van der Waals surface area contributed by atoms with E-state index in [1.165, 1.54) is 30.6 Å². The molecule has 9 heteroatoms. The van der Waals surface area contributed by atoms with Gasteiger partial charge in [0.2, 0.25) is 0 Å². The number of nitrogens with one attached hydrogen (secondary N) is 2. The second-order valence-electron chi connectivity index (χ2n) is 4.23. The first-order valence-electron chi connectivity index (χ1n) is 5.51. The smallest absolute Gasteiger partial charge is 0.405 e. The van der Waals surface area contributed by atoms with Crippen molar-refractivity contribution in [2.45, 2.75) is 18.7 Å². The summed E-state index contributed by atoms with van der Waals surface area (Å²) in [7, 11) is 0. The first kappa shape index (κ1) is 16.0. The van der Waals surface area contributed by atoms with Crippen LogP contribution in [0, 0.1) is 0 Å². The van der Waals surface area contributed by atoms with E-state index >= 15 is 0 Å². The van der Waals surface area contributed by atoms with Crippen LogP contribution in [0.2, 0.25) is 0 Å². The number of hydrogen-bond donors (Lipinski definition) is 3. The number of halogens is 3. The zero-order chi connectivity index (χ0) is 15.4. The lowest BCUT2D eigenvalue weighted by Gasteiger charge is -2.20. The molecule has 0 spiro atoms. The minimum absolute atomic E-state index is 0.147. The summed E-state index contributed by atoms with van der Waals surface area (Å²) >= 11 is 0. The highest BCUT2D eigenvalue weighted by Gasteiger charge is 2.31. The molecule has 0 aliphatic heterocycles. The molecule has 0 aliphatic rings. The second kappa shape index (κ2) is 5.95. The summed E-state index contributed by atoms with van der Waals surface area (Å²) in [5.74, 6) is -2.56. The van der Waals surface area contributed by atoms with E-state index < -0.39 is 36.7 Å². The Labute approximate surface area is 111 Å². The molecule has 3 N–H and O–H groups in total. The molecule has 0 saturated heterocycles. The van der Waals surface area contributed by atoms with E-state index in [0.717, 1.165) is 0 Å². The lowest BCUT2D eigenvalue weighted by atomic mass is 10.0. The van der Waals surface area contributed by atoms with Crippen molar-refractivity contribution in [1.82, 2.24) is 10.6 Å². The van der Waals surface area contributed by atoms with Gasteiger partial charge in [0.1, 0.15) is 17.9 Å². The molecule has 0 aliphatic carbocycles. The summed E-state index contributed by atoms with van der Waals surface area (Å²) in [5.41, 5.74) is -1.58. The van der Waals surface area contributed by atoms with Crippen LogP contribution in [0.4, 0.5) is 13.2 Å². The third-order valence-corrected chi connectivity index (χ3v) is 2.30. The zero-order valence-corrected chi connectivity index (χ0v) is 10.5. The maximum absolute atomic E-state index is 11.8. The van der Waals surface area contributed by atoms with Crippen molar-refractivity contribution in [3.8, 4) is 0 Å². The topological polar surface area (TPSA) is 91.6 Å². The molecule has 1 rings (SSSR count). The molecule has 0 aromatic carbocycles. The molecule has 6 nitrogen and oxygen atoms in total. The van der Waals surface area contributed by atoms with E-state index in [-0.39, 0.29) is 5.76 Å². The largest absolute Gasteiger partial charge is 0.466 e. The summed E-state index contributed by atoms with van der Waals surface area (Å²) in [6, 6.07) is 2.97. The van der Waals surface area contributed by atoms with Crippen LogP contribution < -0.4 is 10.6 Å². The first-order chi connectivity index (χ1) is 9.12. The van der Waals surface area contributed by atoms with Crippen LogP contribution in [-0.2, 0) is 15.2 Å². The predicted octanol–water partition coefficient (Wildman–Crippen LogP) is 0.282. The lowest BCUT2D eigenvalue weighted by Crippen LogP contribution is -2.47. The van der Waals surface area contributed by atoms with Crippen molar-refractivity contribution in [1.29, 1.82) is 0 Å². The molecule has 1 aromatic heterocycles. The average Bonchev–Trinajstić information content (AvgIpc) is 2.86. The number of carbonyl (C=O) groups is 2. The van der Waals surface area contributed by atoms with Gasteiger partial charge in [0, 0.05) is 0 Å². The predicted molar refractivity (Wildman–Crippen MR) is 60.4 cm³/mol. The number of hydrogen-bond acceptors (Lipinski definition) is 4. The summed E-state index contributed by atoms with van der Waals surface area (Å²) in [5, 5.41) is 13.4. The van der Waals surface area contributed by atoms with E-state index in [4.69, 9.17) is 4.42 Å². The minimum atomic E-state index is -4.60. The van der Waals surface area contributed by atoms with Crippen LogP contribution in [0.15, 0.2) is 22.8 Å². The number of amides is 2. The highest BCUT2D eigenvalue weighted by Crippen LogP contribution is 2.19. The molecule has 0 radical (unpaired) electrons. The number of aliphatic hydroxyl groups is 1. The molecular weight excluding hydrogens is 281 g/mol. The number of rotatable bonds is 4. The standard InChI is InChI=1S/C11H13F3N2O4/c1-10(19,7-3-2-4-20-7)5-15-8(17)9(18)16-6-11(12,13)14/h2-4,19H,5-6H2,1H3,(H,15,17)(H,16,18)/t10-/m0/s1. The van der Waals surface area contributed by atoms with Gasteiger partial charge in [-0.25, -0.2) is 0 Å². The lowest BCUT2D eigenvalue weighted by molar-refractivity contribution is -0.146. The van der Waals surface area contributed by atoms with Crippen molar-refractivity contribution in [3.05, 3.63) is 24.2 Å². The number of alkyl halides is 3. The van der Waals surface area contributed by atoms with Crippen LogP contribution in [0.1, 0.15) is 12.7 Å². The van der Waals surface area contributed by atoms with Gasteiger partial charge in [-0.15, -0.1) is 0 Å². The Balaban J connectivity index is 2.45. The molecule has 0 bridgehead atoms. The molecule has 112 valence electrons. The zero-order valence-electron chi connectivity index (χ0n) is 10.5. The molecule has 1 heterocycles. The minimum Gasteiger partial charge on any atom is -0.466 e. The fourth-order valence-electron chi connectivity index (χ4n) is 1.27. The van der Waals surface area contributed by atoms with Gasteiger partial charge in [0.05, 0.1) is 12.8 Å². The summed E-state index contributed by atoms with van der Waals surface area (Å²) in [4.78, 5) is 22.3. The molecule has 0 unspecified atom stereocenters. The van der Waals surface area contributed by atoms with Crippen molar-refractivity contribution in [2.24, 2.45) is 0 Å². The fraction of sp³-hybridized carbons (Fsp3) is 0.455. The van der Waals surface area contributed by atoms with Crippen LogP contribution >= 0.6 is 0 Å².